The van der Waals surface area contributed by atoms with Crippen LogP contribution in [0.2, 0.25) is 0 Å². The monoisotopic (exact) mass is 566 g/mol. The second-order valence-electron chi connectivity index (χ2n) is 10.5. The molecule has 4 aromatic carbocycles. The molecule has 210 valence electrons. The summed E-state index contributed by atoms with van der Waals surface area (Å²) in [6.45, 7) is 1.07. The van der Waals surface area contributed by atoms with Crippen molar-refractivity contribution in [3.63, 3.8) is 0 Å². The summed E-state index contributed by atoms with van der Waals surface area (Å²) in [4.78, 5) is 0.902. The normalized spacial score (nSPS) is 21.6. The highest BCUT2D eigenvalue weighted by Crippen LogP contribution is 2.37. The molecule has 0 bridgehead atoms. The first-order valence-corrected chi connectivity index (χ1v) is 14.8. The van der Waals surface area contributed by atoms with Gasteiger partial charge in [-0.3, -0.25) is 0 Å². The van der Waals surface area contributed by atoms with Crippen LogP contribution in [0.5, 0.6) is 0 Å². The fourth-order valence-corrected chi connectivity index (χ4v) is 6.41. The number of hydrogen-bond acceptors (Lipinski definition) is 6. The number of fused-ring (bicyclic) bond motifs is 1. The Morgan fingerprint density at radius 3 is 2.27 bits per heavy atom. The van der Waals surface area contributed by atoms with Crippen LogP contribution in [0, 0.1) is 0 Å². The van der Waals surface area contributed by atoms with Crippen molar-refractivity contribution in [2.75, 3.05) is 6.61 Å². The van der Waals surface area contributed by atoms with Gasteiger partial charge in [-0.25, -0.2) is 0 Å². The standard InChI is InChI=1S/C35H34O5S/c36-34(33-19-27-14-7-8-17-32(27)41-33)28-16-9-15-26(18-28)29-20-30(39-22-25-12-5-2-6-13-25)35(37)31(40-29)23-38-21-24-10-3-1-4-11-24/h1-19,29-31,34-37H,20-23H2/t29?,30?,31?,34?,35-/m0/s1. The number of thiophene rings is 1. The molecule has 1 aromatic heterocycles. The van der Waals surface area contributed by atoms with Crippen molar-refractivity contribution in [2.24, 2.45) is 0 Å². The summed E-state index contributed by atoms with van der Waals surface area (Å²) in [5.41, 5.74) is 3.86. The van der Waals surface area contributed by atoms with Crippen molar-refractivity contribution < 1.29 is 24.4 Å². The Balaban J connectivity index is 1.20. The lowest BCUT2D eigenvalue weighted by Crippen LogP contribution is -2.48. The zero-order valence-corrected chi connectivity index (χ0v) is 23.5. The minimum absolute atomic E-state index is 0.238. The molecular weight excluding hydrogens is 532 g/mol. The van der Waals surface area contributed by atoms with E-state index >= 15 is 0 Å². The van der Waals surface area contributed by atoms with E-state index in [4.69, 9.17) is 14.2 Å². The van der Waals surface area contributed by atoms with E-state index in [0.717, 1.165) is 37.2 Å². The Kier molecular flexibility index (Phi) is 8.87. The fourth-order valence-electron chi connectivity index (χ4n) is 5.33. The Morgan fingerprint density at radius 1 is 0.805 bits per heavy atom. The Morgan fingerprint density at radius 2 is 1.51 bits per heavy atom. The zero-order chi connectivity index (χ0) is 28.0. The maximum atomic E-state index is 11.3. The maximum absolute atomic E-state index is 11.3. The molecule has 4 unspecified atom stereocenters. The first-order valence-electron chi connectivity index (χ1n) is 14.0. The lowest BCUT2D eigenvalue weighted by Gasteiger charge is -2.39. The van der Waals surface area contributed by atoms with E-state index < -0.39 is 24.4 Å². The van der Waals surface area contributed by atoms with Gasteiger partial charge in [0.15, 0.2) is 0 Å². The van der Waals surface area contributed by atoms with Crippen LogP contribution in [-0.4, -0.2) is 35.1 Å². The molecule has 6 heteroatoms. The van der Waals surface area contributed by atoms with E-state index in [2.05, 4.69) is 18.2 Å². The predicted octanol–water partition coefficient (Wildman–Crippen LogP) is 6.98. The quantitative estimate of drug-likeness (QED) is 0.191. The lowest BCUT2D eigenvalue weighted by molar-refractivity contribution is -0.203. The fraction of sp³-hybridized carbons (Fsp3) is 0.257. The summed E-state index contributed by atoms with van der Waals surface area (Å²) in [6, 6.07) is 38.1. The third-order valence-electron chi connectivity index (χ3n) is 7.56. The predicted molar refractivity (Wildman–Crippen MR) is 162 cm³/mol. The summed E-state index contributed by atoms with van der Waals surface area (Å²) in [6.07, 6.45) is -2.40. The van der Waals surface area contributed by atoms with Gasteiger partial charge in [0.2, 0.25) is 0 Å². The number of rotatable bonds is 10. The molecule has 1 saturated heterocycles. The molecule has 5 atom stereocenters. The third kappa shape index (κ3) is 6.76. The van der Waals surface area contributed by atoms with Crippen LogP contribution < -0.4 is 0 Å². The van der Waals surface area contributed by atoms with Gasteiger partial charge in [0.05, 0.1) is 32.0 Å². The SMILES string of the molecule is OC(c1cccc(C2CC(OCc3ccccc3)[C@H](O)C(COCc3ccccc3)O2)c1)c1cc2ccccc2s1. The van der Waals surface area contributed by atoms with Crippen LogP contribution in [-0.2, 0) is 27.4 Å². The molecule has 0 radical (unpaired) electrons. The van der Waals surface area contributed by atoms with Crippen molar-refractivity contribution in [1.29, 1.82) is 0 Å². The molecule has 0 aliphatic carbocycles. The first-order chi connectivity index (χ1) is 20.1. The minimum Gasteiger partial charge on any atom is -0.388 e. The second-order valence-corrected chi connectivity index (χ2v) is 11.6. The summed E-state index contributed by atoms with van der Waals surface area (Å²) < 4.78 is 19.9. The molecule has 2 N–H and O–H groups in total. The molecule has 0 spiro atoms. The number of ether oxygens (including phenoxy) is 3. The molecule has 5 aromatic rings. The largest absolute Gasteiger partial charge is 0.388 e. The molecule has 0 saturated carbocycles. The Hall–Kier alpha value is -3.36. The number of benzene rings is 4. The molecule has 41 heavy (non-hydrogen) atoms. The van der Waals surface area contributed by atoms with E-state index in [9.17, 15) is 10.2 Å². The van der Waals surface area contributed by atoms with E-state index in [1.807, 2.05) is 97.1 Å². The van der Waals surface area contributed by atoms with Crippen LogP contribution >= 0.6 is 11.3 Å². The summed E-state index contributed by atoms with van der Waals surface area (Å²) in [5, 5.41) is 23.7. The average Bonchev–Trinajstić information content (AvgIpc) is 3.46. The van der Waals surface area contributed by atoms with Crippen molar-refractivity contribution in [3.8, 4) is 0 Å². The number of aliphatic hydroxyl groups excluding tert-OH is 2. The molecule has 1 fully saturated rings. The van der Waals surface area contributed by atoms with E-state index in [1.165, 1.54) is 0 Å². The topological polar surface area (TPSA) is 68.2 Å². The van der Waals surface area contributed by atoms with Gasteiger partial charge in [0, 0.05) is 16.0 Å². The van der Waals surface area contributed by atoms with Gasteiger partial charge in [-0.15, -0.1) is 11.3 Å². The number of aliphatic hydroxyl groups is 2. The molecule has 0 amide bonds. The van der Waals surface area contributed by atoms with Crippen molar-refractivity contribution in [1.82, 2.24) is 0 Å². The van der Waals surface area contributed by atoms with Gasteiger partial charge in [-0.05, 0) is 39.8 Å². The van der Waals surface area contributed by atoms with Gasteiger partial charge in [0.25, 0.3) is 0 Å². The smallest absolute Gasteiger partial charge is 0.113 e. The summed E-state index contributed by atoms with van der Waals surface area (Å²) in [5.74, 6) is 0. The van der Waals surface area contributed by atoms with Crippen LogP contribution in [0.1, 0.15) is 45.8 Å². The Bertz CT molecular complexity index is 1500. The van der Waals surface area contributed by atoms with Crippen LogP contribution in [0.3, 0.4) is 0 Å². The highest BCUT2D eigenvalue weighted by atomic mass is 32.1. The second kappa shape index (κ2) is 13.1. The number of hydrogen-bond donors (Lipinski definition) is 2. The molecular formula is C35H34O5S. The summed E-state index contributed by atoms with van der Waals surface area (Å²) in [7, 11) is 0. The van der Waals surface area contributed by atoms with Gasteiger partial charge in [-0.2, -0.15) is 0 Å². The first kappa shape index (κ1) is 27.8. The zero-order valence-electron chi connectivity index (χ0n) is 22.7. The van der Waals surface area contributed by atoms with E-state index in [-0.39, 0.29) is 12.7 Å². The lowest BCUT2D eigenvalue weighted by atomic mass is 9.92. The Labute approximate surface area is 244 Å². The minimum atomic E-state index is -0.835. The highest BCUT2D eigenvalue weighted by Gasteiger charge is 2.39. The molecule has 6 rings (SSSR count). The van der Waals surface area contributed by atoms with Crippen molar-refractivity contribution in [3.05, 3.63) is 142 Å². The van der Waals surface area contributed by atoms with Crippen molar-refractivity contribution in [2.45, 2.75) is 50.2 Å². The molecule has 5 nitrogen and oxygen atoms in total. The maximum Gasteiger partial charge on any atom is 0.113 e. The third-order valence-corrected chi connectivity index (χ3v) is 8.73. The highest BCUT2D eigenvalue weighted by molar-refractivity contribution is 7.19. The average molecular weight is 567 g/mol. The van der Waals surface area contributed by atoms with Crippen molar-refractivity contribution >= 4 is 21.4 Å². The van der Waals surface area contributed by atoms with E-state index in [1.54, 1.807) is 11.3 Å². The van der Waals surface area contributed by atoms with Crippen LogP contribution in [0.15, 0.2) is 115 Å². The molecule has 2 heterocycles. The molecule has 1 aliphatic heterocycles. The molecule has 1 aliphatic rings. The van der Waals surface area contributed by atoms with Gasteiger partial charge < -0.3 is 24.4 Å². The van der Waals surface area contributed by atoms with Gasteiger partial charge in [0.1, 0.15) is 18.3 Å². The van der Waals surface area contributed by atoms with Crippen LogP contribution in [0.25, 0.3) is 10.1 Å². The van der Waals surface area contributed by atoms with E-state index in [0.29, 0.717) is 19.6 Å². The summed E-state index contributed by atoms with van der Waals surface area (Å²) >= 11 is 1.60. The van der Waals surface area contributed by atoms with Crippen LogP contribution in [0.4, 0.5) is 0 Å². The van der Waals surface area contributed by atoms with Gasteiger partial charge in [-0.1, -0.05) is 103 Å². The van der Waals surface area contributed by atoms with Gasteiger partial charge >= 0.3 is 0 Å².